The second-order valence-electron chi connectivity index (χ2n) is 9.25. The summed E-state index contributed by atoms with van der Waals surface area (Å²) < 4.78 is 5.37. The van der Waals surface area contributed by atoms with E-state index in [1.54, 1.807) is 12.0 Å². The Balaban J connectivity index is 1.44. The van der Waals surface area contributed by atoms with Gasteiger partial charge in [0, 0.05) is 9.75 Å². The van der Waals surface area contributed by atoms with Gasteiger partial charge in [0.05, 0.1) is 17.9 Å². The number of ether oxygens (including phenoxy) is 1. The standard InChI is InChI=1S/C27H26N2O5S2/c1-3-33-27(32)20-16-10-5-7-12-18(16)36-26(20)28-24(30)21-22(19-13-8-14-35-19)29(34-23(21)25(28)31)17-11-6-4-9-15(17)2/h4,6,8-9,11,13-14,21-23H,3,5,7,10,12H2,1-2H3/t21-,22+,23+/m0/s1. The fourth-order valence-corrected chi connectivity index (χ4v) is 7.75. The Labute approximate surface area is 217 Å². The topological polar surface area (TPSA) is 76.2 Å². The van der Waals surface area contributed by atoms with Crippen LogP contribution in [-0.2, 0) is 32.0 Å². The van der Waals surface area contributed by atoms with E-state index in [-0.39, 0.29) is 12.5 Å². The SMILES string of the molecule is CCOC(=O)c1c(N2C(=O)[C@H]3[C@@H](c4cccs4)N(c4ccccc4C)O[C@H]3C2=O)sc2c1CCCC2. The summed E-state index contributed by atoms with van der Waals surface area (Å²) in [4.78, 5) is 50.4. The highest BCUT2D eigenvalue weighted by atomic mass is 32.1. The van der Waals surface area contributed by atoms with E-state index >= 15 is 0 Å². The van der Waals surface area contributed by atoms with Crippen LogP contribution in [0.2, 0.25) is 0 Å². The van der Waals surface area contributed by atoms with Gasteiger partial charge in [-0.1, -0.05) is 24.3 Å². The number of carbonyl (C=O) groups excluding carboxylic acids is 3. The Morgan fingerprint density at radius 1 is 1.11 bits per heavy atom. The molecule has 0 saturated carbocycles. The maximum atomic E-state index is 14.1. The second kappa shape index (κ2) is 9.14. The van der Waals surface area contributed by atoms with E-state index < -0.39 is 29.9 Å². The minimum absolute atomic E-state index is 0.227. The van der Waals surface area contributed by atoms with Crippen molar-refractivity contribution in [2.45, 2.75) is 51.7 Å². The third-order valence-corrected chi connectivity index (χ3v) is 9.36. The van der Waals surface area contributed by atoms with Gasteiger partial charge in [-0.05, 0) is 68.2 Å². The van der Waals surface area contributed by atoms with Crippen molar-refractivity contribution < 1.29 is 24.0 Å². The molecule has 0 bridgehead atoms. The highest BCUT2D eigenvalue weighted by Crippen LogP contribution is 2.51. The van der Waals surface area contributed by atoms with Crippen LogP contribution < -0.4 is 9.96 Å². The van der Waals surface area contributed by atoms with Crippen LogP contribution in [0.3, 0.4) is 0 Å². The van der Waals surface area contributed by atoms with E-state index in [2.05, 4.69) is 0 Å². The number of para-hydroxylation sites is 1. The van der Waals surface area contributed by atoms with Gasteiger partial charge in [0.15, 0.2) is 6.10 Å². The molecule has 2 saturated heterocycles. The molecule has 2 fully saturated rings. The predicted octanol–water partition coefficient (Wildman–Crippen LogP) is 5.22. The van der Waals surface area contributed by atoms with Crippen molar-refractivity contribution in [2.75, 3.05) is 16.6 Å². The number of carbonyl (C=O) groups is 3. The molecule has 186 valence electrons. The van der Waals surface area contributed by atoms with Crippen LogP contribution in [0.15, 0.2) is 41.8 Å². The largest absolute Gasteiger partial charge is 0.462 e. The minimum Gasteiger partial charge on any atom is -0.462 e. The van der Waals surface area contributed by atoms with E-state index in [4.69, 9.17) is 9.57 Å². The quantitative estimate of drug-likeness (QED) is 0.338. The molecule has 1 aliphatic carbocycles. The summed E-state index contributed by atoms with van der Waals surface area (Å²) in [6.07, 6.45) is 2.62. The molecular formula is C27H26N2O5S2. The van der Waals surface area contributed by atoms with Gasteiger partial charge in [0.2, 0.25) is 5.91 Å². The number of amides is 2. The van der Waals surface area contributed by atoms with Gasteiger partial charge in [-0.3, -0.25) is 14.4 Å². The third-order valence-electron chi connectivity index (χ3n) is 7.14. The summed E-state index contributed by atoms with van der Waals surface area (Å²) in [5.41, 5.74) is 3.12. The van der Waals surface area contributed by atoms with Crippen molar-refractivity contribution in [1.29, 1.82) is 0 Å². The van der Waals surface area contributed by atoms with E-state index in [1.165, 1.54) is 27.6 Å². The van der Waals surface area contributed by atoms with E-state index in [9.17, 15) is 14.4 Å². The number of rotatable bonds is 5. The van der Waals surface area contributed by atoms with Gasteiger partial charge < -0.3 is 4.74 Å². The molecular weight excluding hydrogens is 496 g/mol. The minimum atomic E-state index is -0.960. The summed E-state index contributed by atoms with van der Waals surface area (Å²) in [6.45, 7) is 3.97. The predicted molar refractivity (Wildman–Crippen MR) is 138 cm³/mol. The molecule has 4 heterocycles. The van der Waals surface area contributed by atoms with Gasteiger partial charge >= 0.3 is 5.97 Å². The van der Waals surface area contributed by atoms with Crippen molar-refractivity contribution in [3.8, 4) is 0 Å². The molecule has 2 aromatic heterocycles. The number of anilines is 2. The molecule has 1 aromatic carbocycles. The van der Waals surface area contributed by atoms with Crippen LogP contribution in [0.5, 0.6) is 0 Å². The summed E-state index contributed by atoms with van der Waals surface area (Å²) in [5.74, 6) is -1.94. The maximum absolute atomic E-state index is 14.1. The molecule has 0 unspecified atom stereocenters. The highest BCUT2D eigenvalue weighted by Gasteiger charge is 2.61. The second-order valence-corrected chi connectivity index (χ2v) is 11.3. The monoisotopic (exact) mass is 522 g/mol. The lowest BCUT2D eigenvalue weighted by atomic mass is 9.94. The van der Waals surface area contributed by atoms with E-state index in [0.29, 0.717) is 10.6 Å². The number of nitrogens with zero attached hydrogens (tertiary/aromatic N) is 2. The van der Waals surface area contributed by atoms with E-state index in [1.807, 2.05) is 48.7 Å². The van der Waals surface area contributed by atoms with Crippen LogP contribution >= 0.6 is 22.7 Å². The zero-order chi connectivity index (χ0) is 25.0. The van der Waals surface area contributed by atoms with Gasteiger partial charge in [-0.15, -0.1) is 22.7 Å². The van der Waals surface area contributed by atoms with Crippen molar-refractivity contribution in [1.82, 2.24) is 0 Å². The first-order chi connectivity index (χ1) is 17.5. The average molecular weight is 523 g/mol. The van der Waals surface area contributed by atoms with Gasteiger partial charge in [0.1, 0.15) is 17.0 Å². The lowest BCUT2D eigenvalue weighted by Crippen LogP contribution is -2.37. The normalized spacial score (nSPS) is 23.2. The van der Waals surface area contributed by atoms with Gasteiger partial charge in [-0.2, -0.15) is 0 Å². The number of hydrogen-bond acceptors (Lipinski definition) is 8. The smallest absolute Gasteiger partial charge is 0.341 e. The molecule has 3 aliphatic rings. The molecule has 0 N–H and O–H groups in total. The van der Waals surface area contributed by atoms with Gasteiger partial charge in [0.25, 0.3) is 5.91 Å². The lowest BCUT2D eigenvalue weighted by Gasteiger charge is -2.28. The summed E-state index contributed by atoms with van der Waals surface area (Å²) >= 11 is 2.91. The first-order valence-corrected chi connectivity index (χ1v) is 13.9. The summed E-state index contributed by atoms with van der Waals surface area (Å²) in [7, 11) is 0. The molecule has 2 aliphatic heterocycles. The van der Waals surface area contributed by atoms with Crippen molar-refractivity contribution in [3.63, 3.8) is 0 Å². The number of benzene rings is 1. The third kappa shape index (κ3) is 3.52. The van der Waals surface area contributed by atoms with Crippen LogP contribution in [0.25, 0.3) is 0 Å². The number of hydrogen-bond donors (Lipinski definition) is 0. The molecule has 0 radical (unpaired) electrons. The number of thiophene rings is 2. The maximum Gasteiger partial charge on any atom is 0.341 e. The lowest BCUT2D eigenvalue weighted by molar-refractivity contribution is -0.126. The zero-order valence-electron chi connectivity index (χ0n) is 20.1. The summed E-state index contributed by atoms with van der Waals surface area (Å²) in [5, 5.41) is 4.08. The molecule has 2 amide bonds. The fraction of sp³-hybridized carbons (Fsp3) is 0.370. The Kier molecular flexibility index (Phi) is 5.94. The number of hydroxylamine groups is 1. The zero-order valence-corrected chi connectivity index (χ0v) is 21.7. The van der Waals surface area contributed by atoms with Crippen LogP contribution in [0, 0.1) is 12.8 Å². The Bertz CT molecular complexity index is 1350. The Morgan fingerprint density at radius 3 is 2.67 bits per heavy atom. The Hall–Kier alpha value is -3.01. The molecule has 7 nitrogen and oxygen atoms in total. The average Bonchev–Trinajstić information content (AvgIpc) is 3.64. The van der Waals surface area contributed by atoms with Gasteiger partial charge in [-0.25, -0.2) is 14.8 Å². The van der Waals surface area contributed by atoms with Crippen LogP contribution in [0.1, 0.15) is 57.0 Å². The number of fused-ring (bicyclic) bond motifs is 2. The highest BCUT2D eigenvalue weighted by molar-refractivity contribution is 7.17. The first-order valence-electron chi connectivity index (χ1n) is 12.3. The van der Waals surface area contributed by atoms with Crippen LogP contribution in [-0.4, -0.2) is 30.5 Å². The summed E-state index contributed by atoms with van der Waals surface area (Å²) in [6, 6.07) is 11.3. The molecule has 0 spiro atoms. The number of imide groups is 1. The van der Waals surface area contributed by atoms with Crippen molar-refractivity contribution >= 4 is 51.1 Å². The molecule has 3 atom stereocenters. The van der Waals surface area contributed by atoms with Crippen molar-refractivity contribution in [2.24, 2.45) is 5.92 Å². The number of esters is 1. The molecule has 9 heteroatoms. The first kappa shape index (κ1) is 23.4. The molecule has 3 aromatic rings. The number of aryl methyl sites for hydroxylation is 2. The Morgan fingerprint density at radius 2 is 1.92 bits per heavy atom. The molecule has 6 rings (SSSR count). The van der Waals surface area contributed by atoms with Crippen LogP contribution in [0.4, 0.5) is 10.7 Å². The van der Waals surface area contributed by atoms with Crippen molar-refractivity contribution in [3.05, 3.63) is 68.2 Å². The van der Waals surface area contributed by atoms with E-state index in [0.717, 1.165) is 52.3 Å². The fourth-order valence-electron chi connectivity index (χ4n) is 5.51. The molecule has 36 heavy (non-hydrogen) atoms.